The van der Waals surface area contributed by atoms with Crippen LogP contribution in [-0.4, -0.2) is 45.8 Å². The van der Waals surface area contributed by atoms with Gasteiger partial charge in [0.05, 0.1) is 12.7 Å². The Bertz CT molecular complexity index is 322. The molecule has 5 nitrogen and oxygen atoms in total. The molecular weight excluding hydrogens is 180 g/mol. The molecule has 0 spiro atoms. The molecule has 0 aliphatic carbocycles. The predicted molar refractivity (Wildman–Crippen MR) is 51.1 cm³/mol. The van der Waals surface area contributed by atoms with Gasteiger partial charge in [0.15, 0.2) is 6.29 Å². The van der Waals surface area contributed by atoms with Crippen LogP contribution in [0.5, 0.6) is 0 Å². The van der Waals surface area contributed by atoms with E-state index in [1.807, 2.05) is 0 Å². The van der Waals surface area contributed by atoms with Gasteiger partial charge in [0.1, 0.15) is 5.69 Å². The fourth-order valence-electron chi connectivity index (χ4n) is 1.88. The Balaban J connectivity index is 1.99. The highest BCUT2D eigenvalue weighted by Gasteiger charge is 2.21. The molecule has 1 aliphatic heterocycles. The van der Waals surface area contributed by atoms with E-state index in [9.17, 15) is 4.79 Å². The molecule has 0 unspecified atom stereocenters. The zero-order chi connectivity index (χ0) is 9.97. The fraction of sp³-hybridized carbons (Fsp3) is 0.667. The van der Waals surface area contributed by atoms with Gasteiger partial charge in [-0.05, 0) is 26.4 Å². The topological polar surface area (TPSA) is 51.0 Å². The van der Waals surface area contributed by atoms with Crippen molar-refractivity contribution in [3.8, 4) is 0 Å². The van der Waals surface area contributed by atoms with E-state index in [0.29, 0.717) is 11.7 Å². The summed E-state index contributed by atoms with van der Waals surface area (Å²) in [5.74, 6) is 0. The highest BCUT2D eigenvalue weighted by Crippen LogP contribution is 2.15. The van der Waals surface area contributed by atoms with E-state index in [1.54, 1.807) is 10.9 Å². The van der Waals surface area contributed by atoms with Crippen molar-refractivity contribution < 1.29 is 4.79 Å². The number of likely N-dealkylation sites (N-methyl/N-ethyl adjacent to an activating group) is 1. The molecule has 1 saturated heterocycles. The molecular formula is C9H14N4O. The van der Waals surface area contributed by atoms with Gasteiger partial charge in [-0.2, -0.15) is 0 Å². The number of carbonyl (C=O) groups excluding carboxylic acids is 1. The van der Waals surface area contributed by atoms with Crippen LogP contribution >= 0.6 is 0 Å². The van der Waals surface area contributed by atoms with E-state index in [4.69, 9.17) is 0 Å². The van der Waals surface area contributed by atoms with Crippen LogP contribution in [0.3, 0.4) is 0 Å². The maximum atomic E-state index is 10.4. The Kier molecular flexibility index (Phi) is 2.58. The summed E-state index contributed by atoms with van der Waals surface area (Å²) in [6.07, 6.45) is 4.87. The minimum atomic E-state index is 0.408. The molecule has 0 saturated carbocycles. The fourth-order valence-corrected chi connectivity index (χ4v) is 1.88. The molecule has 0 bridgehead atoms. The minimum absolute atomic E-state index is 0.408. The molecule has 5 heteroatoms. The van der Waals surface area contributed by atoms with Crippen LogP contribution in [0.1, 0.15) is 23.3 Å². The first-order valence-corrected chi connectivity index (χ1v) is 4.85. The predicted octanol–water partition coefficient (Wildman–Crippen LogP) is 0.185. The Labute approximate surface area is 82.7 Å². The number of hydrogen-bond donors (Lipinski definition) is 0. The second-order valence-corrected chi connectivity index (χ2v) is 3.76. The van der Waals surface area contributed by atoms with E-state index in [0.717, 1.165) is 19.4 Å². The molecule has 1 fully saturated rings. The SMILES string of the molecule is CN1CCC[C@@H]1Cn1cc(C=O)nn1. The largest absolute Gasteiger partial charge is 0.302 e. The minimum Gasteiger partial charge on any atom is -0.302 e. The van der Waals surface area contributed by atoms with Gasteiger partial charge < -0.3 is 4.90 Å². The lowest BCUT2D eigenvalue weighted by atomic mass is 10.2. The van der Waals surface area contributed by atoms with Crippen molar-refractivity contribution in [1.82, 2.24) is 19.9 Å². The molecule has 0 N–H and O–H groups in total. The third kappa shape index (κ3) is 1.82. The number of carbonyl (C=O) groups is 1. The van der Waals surface area contributed by atoms with Crippen molar-refractivity contribution in [3.05, 3.63) is 11.9 Å². The van der Waals surface area contributed by atoms with E-state index >= 15 is 0 Å². The zero-order valence-electron chi connectivity index (χ0n) is 8.26. The molecule has 0 amide bonds. The highest BCUT2D eigenvalue weighted by atomic mass is 16.1. The second kappa shape index (κ2) is 3.88. The number of nitrogens with zero attached hydrogens (tertiary/aromatic N) is 4. The van der Waals surface area contributed by atoms with Crippen molar-refractivity contribution in [2.45, 2.75) is 25.4 Å². The van der Waals surface area contributed by atoms with Crippen LogP contribution in [0.25, 0.3) is 0 Å². The zero-order valence-corrected chi connectivity index (χ0v) is 8.26. The standard InChI is InChI=1S/C9H14N4O/c1-12-4-2-3-9(12)6-13-5-8(7-14)10-11-13/h5,7,9H,2-4,6H2,1H3/t9-/m1/s1. The number of hydrogen-bond acceptors (Lipinski definition) is 4. The van der Waals surface area contributed by atoms with Crippen molar-refractivity contribution >= 4 is 6.29 Å². The highest BCUT2D eigenvalue weighted by molar-refractivity contribution is 5.70. The van der Waals surface area contributed by atoms with Gasteiger partial charge in [0, 0.05) is 6.04 Å². The lowest BCUT2D eigenvalue weighted by Crippen LogP contribution is -2.29. The van der Waals surface area contributed by atoms with Gasteiger partial charge in [0.25, 0.3) is 0 Å². The Hall–Kier alpha value is -1.23. The first-order valence-electron chi connectivity index (χ1n) is 4.85. The van der Waals surface area contributed by atoms with E-state index in [1.165, 1.54) is 12.8 Å². The molecule has 2 heterocycles. The maximum Gasteiger partial charge on any atom is 0.171 e. The van der Waals surface area contributed by atoms with Crippen LogP contribution < -0.4 is 0 Å². The molecule has 1 aliphatic rings. The van der Waals surface area contributed by atoms with Gasteiger partial charge in [-0.15, -0.1) is 5.10 Å². The number of aldehydes is 1. The summed E-state index contributed by atoms with van der Waals surface area (Å²) in [4.78, 5) is 12.7. The third-order valence-electron chi connectivity index (χ3n) is 2.75. The first-order chi connectivity index (χ1) is 6.79. The third-order valence-corrected chi connectivity index (χ3v) is 2.75. The molecule has 0 radical (unpaired) electrons. The Morgan fingerprint density at radius 3 is 3.14 bits per heavy atom. The van der Waals surface area contributed by atoms with Gasteiger partial charge in [-0.3, -0.25) is 9.48 Å². The quantitative estimate of drug-likeness (QED) is 0.644. The van der Waals surface area contributed by atoms with Crippen LogP contribution in [0, 0.1) is 0 Å². The average Bonchev–Trinajstić information content (AvgIpc) is 2.77. The molecule has 76 valence electrons. The summed E-state index contributed by atoms with van der Waals surface area (Å²) in [5.41, 5.74) is 0.408. The van der Waals surface area contributed by atoms with Gasteiger partial charge in [0.2, 0.25) is 0 Å². The van der Waals surface area contributed by atoms with Crippen molar-refractivity contribution in [3.63, 3.8) is 0 Å². The van der Waals surface area contributed by atoms with Crippen molar-refractivity contribution in [1.29, 1.82) is 0 Å². The summed E-state index contributed by atoms with van der Waals surface area (Å²) in [6, 6.07) is 0.538. The second-order valence-electron chi connectivity index (χ2n) is 3.76. The molecule has 0 aromatic carbocycles. The van der Waals surface area contributed by atoms with Gasteiger partial charge >= 0.3 is 0 Å². The van der Waals surface area contributed by atoms with Gasteiger partial charge in [-0.25, -0.2) is 0 Å². The average molecular weight is 194 g/mol. The van der Waals surface area contributed by atoms with Crippen LogP contribution in [0.4, 0.5) is 0 Å². The molecule has 2 rings (SSSR count). The van der Waals surface area contributed by atoms with Crippen molar-refractivity contribution in [2.75, 3.05) is 13.6 Å². The molecule has 1 aromatic heterocycles. The van der Waals surface area contributed by atoms with Crippen molar-refractivity contribution in [2.24, 2.45) is 0 Å². The summed E-state index contributed by atoms with van der Waals surface area (Å²) < 4.78 is 1.75. The lowest BCUT2D eigenvalue weighted by Gasteiger charge is -2.18. The van der Waals surface area contributed by atoms with Crippen LogP contribution in [0.2, 0.25) is 0 Å². The Morgan fingerprint density at radius 1 is 1.71 bits per heavy atom. The summed E-state index contributed by atoms with van der Waals surface area (Å²) >= 11 is 0. The maximum absolute atomic E-state index is 10.4. The number of rotatable bonds is 3. The molecule has 1 atom stereocenters. The smallest absolute Gasteiger partial charge is 0.171 e. The van der Waals surface area contributed by atoms with Crippen LogP contribution in [-0.2, 0) is 6.54 Å². The van der Waals surface area contributed by atoms with E-state index in [2.05, 4.69) is 22.3 Å². The molecule has 1 aromatic rings. The molecule has 14 heavy (non-hydrogen) atoms. The van der Waals surface area contributed by atoms with E-state index in [-0.39, 0.29) is 0 Å². The lowest BCUT2D eigenvalue weighted by molar-refractivity contribution is 0.111. The van der Waals surface area contributed by atoms with Crippen LogP contribution in [0.15, 0.2) is 6.20 Å². The normalized spacial score (nSPS) is 22.8. The number of aromatic nitrogens is 3. The first kappa shape index (κ1) is 9.33. The Morgan fingerprint density at radius 2 is 2.57 bits per heavy atom. The summed E-state index contributed by atoms with van der Waals surface area (Å²) in [7, 11) is 2.12. The van der Waals surface area contributed by atoms with E-state index < -0.39 is 0 Å². The monoisotopic (exact) mass is 194 g/mol. The number of likely N-dealkylation sites (tertiary alicyclic amines) is 1. The summed E-state index contributed by atoms with van der Waals surface area (Å²) in [5, 5.41) is 7.62. The summed E-state index contributed by atoms with van der Waals surface area (Å²) in [6.45, 7) is 1.98. The van der Waals surface area contributed by atoms with Gasteiger partial charge in [-0.1, -0.05) is 5.21 Å².